The van der Waals surface area contributed by atoms with E-state index < -0.39 is 0 Å². The fraction of sp³-hybridized carbons (Fsp3) is 0.353. The van der Waals surface area contributed by atoms with Crippen LogP contribution in [0.1, 0.15) is 30.3 Å². The Labute approximate surface area is 145 Å². The largest absolute Gasteiger partial charge is 0.338 e. The maximum Gasteiger partial charge on any atom is 0.241 e. The number of hydrogen-bond acceptors (Lipinski definition) is 5. The normalized spacial score (nSPS) is 18.3. The first-order valence-electron chi connectivity index (χ1n) is 8.01. The van der Waals surface area contributed by atoms with Crippen molar-refractivity contribution in [3.63, 3.8) is 0 Å². The summed E-state index contributed by atoms with van der Waals surface area (Å²) in [4.78, 5) is 6.88. The maximum atomic E-state index is 6.20. The molecule has 6 nitrogen and oxygen atoms in total. The third-order valence-electron chi connectivity index (χ3n) is 4.39. The first-order chi connectivity index (χ1) is 11.7. The summed E-state index contributed by atoms with van der Waals surface area (Å²) < 4.78 is 7.28. The minimum absolute atomic E-state index is 0.356. The van der Waals surface area contributed by atoms with Gasteiger partial charge in [-0.25, -0.2) is 0 Å². The van der Waals surface area contributed by atoms with Crippen molar-refractivity contribution in [2.75, 3.05) is 6.54 Å². The average Bonchev–Trinajstić information content (AvgIpc) is 3.29. The Hall–Kier alpha value is -2.18. The van der Waals surface area contributed by atoms with Crippen LogP contribution in [0, 0.1) is 0 Å². The lowest BCUT2D eigenvalue weighted by Gasteiger charge is -2.21. The summed E-state index contributed by atoms with van der Waals surface area (Å²) in [5.74, 6) is 1.15. The average molecular weight is 344 g/mol. The Bertz CT molecular complexity index is 843. The molecule has 1 saturated heterocycles. The molecule has 0 N–H and O–H groups in total. The topological polar surface area (TPSA) is 60.0 Å². The summed E-state index contributed by atoms with van der Waals surface area (Å²) in [7, 11) is 1.94. The molecule has 3 heterocycles. The van der Waals surface area contributed by atoms with Crippen molar-refractivity contribution in [1.82, 2.24) is 24.8 Å². The van der Waals surface area contributed by atoms with Crippen molar-refractivity contribution >= 4 is 11.6 Å². The van der Waals surface area contributed by atoms with E-state index >= 15 is 0 Å². The van der Waals surface area contributed by atoms with Crippen molar-refractivity contribution in [3.8, 4) is 11.4 Å². The molecule has 24 heavy (non-hydrogen) atoms. The van der Waals surface area contributed by atoms with Gasteiger partial charge in [0.05, 0.1) is 17.8 Å². The molecule has 1 fully saturated rings. The fourth-order valence-electron chi connectivity index (χ4n) is 3.25. The second-order valence-electron chi connectivity index (χ2n) is 6.07. The molecule has 0 bridgehead atoms. The number of aromatic nitrogens is 4. The summed E-state index contributed by atoms with van der Waals surface area (Å²) in [6, 6.07) is 7.87. The standard InChI is InChI=1S/C17H18ClN5O/c1-22-10-12(9-19-22)15-7-4-8-23(15)11-16-20-17(21-24-16)13-5-2-3-6-14(13)18/h2-3,5-6,9-10,15H,4,7-8,11H2,1H3. The minimum Gasteiger partial charge on any atom is -0.338 e. The van der Waals surface area contributed by atoms with Gasteiger partial charge in [-0.2, -0.15) is 10.1 Å². The van der Waals surface area contributed by atoms with E-state index in [0.29, 0.717) is 29.3 Å². The van der Waals surface area contributed by atoms with Crippen LogP contribution in [-0.4, -0.2) is 31.4 Å². The van der Waals surface area contributed by atoms with Crippen LogP contribution in [0.4, 0.5) is 0 Å². The summed E-state index contributed by atoms with van der Waals surface area (Å²) >= 11 is 6.20. The molecule has 3 aromatic rings. The van der Waals surface area contributed by atoms with E-state index in [0.717, 1.165) is 24.9 Å². The van der Waals surface area contributed by atoms with Crippen LogP contribution in [0.25, 0.3) is 11.4 Å². The van der Waals surface area contributed by atoms with Crippen molar-refractivity contribution in [1.29, 1.82) is 0 Å². The third kappa shape index (κ3) is 2.95. The number of halogens is 1. The van der Waals surface area contributed by atoms with E-state index in [9.17, 15) is 0 Å². The monoisotopic (exact) mass is 343 g/mol. The second kappa shape index (κ2) is 6.37. The molecule has 0 radical (unpaired) electrons. The highest BCUT2D eigenvalue weighted by Crippen LogP contribution is 2.33. The van der Waals surface area contributed by atoms with E-state index in [1.807, 2.05) is 42.2 Å². The van der Waals surface area contributed by atoms with Crippen molar-refractivity contribution in [2.24, 2.45) is 7.05 Å². The zero-order valence-electron chi connectivity index (χ0n) is 13.4. The van der Waals surface area contributed by atoms with E-state index in [1.54, 1.807) is 0 Å². The SMILES string of the molecule is Cn1cc(C2CCCN2Cc2nc(-c3ccccc3Cl)no2)cn1. The van der Waals surface area contributed by atoms with Gasteiger partial charge in [0.15, 0.2) is 0 Å². The molecule has 0 saturated carbocycles. The zero-order chi connectivity index (χ0) is 16.5. The Morgan fingerprint density at radius 3 is 3.00 bits per heavy atom. The number of hydrogen-bond donors (Lipinski definition) is 0. The maximum absolute atomic E-state index is 6.20. The van der Waals surface area contributed by atoms with Gasteiger partial charge in [0, 0.05) is 30.4 Å². The molecule has 0 amide bonds. The Kier molecular flexibility index (Phi) is 4.08. The van der Waals surface area contributed by atoms with Gasteiger partial charge in [-0.15, -0.1) is 0 Å². The van der Waals surface area contributed by atoms with Crippen LogP contribution >= 0.6 is 11.6 Å². The van der Waals surface area contributed by atoms with Gasteiger partial charge >= 0.3 is 0 Å². The van der Waals surface area contributed by atoms with Gasteiger partial charge in [-0.1, -0.05) is 28.9 Å². The quantitative estimate of drug-likeness (QED) is 0.726. The summed E-state index contributed by atoms with van der Waals surface area (Å²) in [5.41, 5.74) is 2.03. The van der Waals surface area contributed by atoms with Crippen LogP contribution in [0.5, 0.6) is 0 Å². The van der Waals surface area contributed by atoms with Crippen molar-refractivity contribution in [3.05, 3.63) is 53.1 Å². The lowest BCUT2D eigenvalue weighted by atomic mass is 10.1. The molecule has 1 aliphatic rings. The molecular formula is C17H18ClN5O. The van der Waals surface area contributed by atoms with Gasteiger partial charge in [0.1, 0.15) is 0 Å². The number of benzene rings is 1. The Balaban J connectivity index is 1.52. The lowest BCUT2D eigenvalue weighted by molar-refractivity contribution is 0.212. The van der Waals surface area contributed by atoms with Crippen LogP contribution < -0.4 is 0 Å². The van der Waals surface area contributed by atoms with E-state index in [-0.39, 0.29) is 0 Å². The highest BCUT2D eigenvalue weighted by molar-refractivity contribution is 6.33. The molecule has 1 unspecified atom stereocenters. The Morgan fingerprint density at radius 1 is 1.33 bits per heavy atom. The van der Waals surface area contributed by atoms with Gasteiger partial charge in [0.25, 0.3) is 0 Å². The van der Waals surface area contributed by atoms with Crippen LogP contribution in [-0.2, 0) is 13.6 Å². The summed E-state index contributed by atoms with van der Waals surface area (Å²) in [6.07, 6.45) is 6.29. The second-order valence-corrected chi connectivity index (χ2v) is 6.47. The van der Waals surface area contributed by atoms with Crippen molar-refractivity contribution < 1.29 is 4.52 Å². The number of nitrogens with zero attached hydrogens (tertiary/aromatic N) is 5. The predicted molar refractivity (Wildman–Crippen MR) is 90.3 cm³/mol. The van der Waals surface area contributed by atoms with Crippen LogP contribution in [0.15, 0.2) is 41.2 Å². The molecule has 1 aliphatic heterocycles. The molecule has 1 aromatic carbocycles. The highest BCUT2D eigenvalue weighted by atomic mass is 35.5. The van der Waals surface area contributed by atoms with E-state index in [1.165, 1.54) is 5.56 Å². The summed E-state index contributed by atoms with van der Waals surface area (Å²) in [5, 5.41) is 8.98. The first-order valence-corrected chi connectivity index (χ1v) is 8.38. The molecular weight excluding hydrogens is 326 g/mol. The van der Waals surface area contributed by atoms with Crippen molar-refractivity contribution in [2.45, 2.75) is 25.4 Å². The van der Waals surface area contributed by atoms with Gasteiger partial charge < -0.3 is 4.52 Å². The number of rotatable bonds is 4. The smallest absolute Gasteiger partial charge is 0.241 e. The third-order valence-corrected chi connectivity index (χ3v) is 4.72. The lowest BCUT2D eigenvalue weighted by Crippen LogP contribution is -2.22. The number of aryl methyl sites for hydroxylation is 1. The number of likely N-dealkylation sites (tertiary alicyclic amines) is 1. The van der Waals surface area contributed by atoms with E-state index in [2.05, 4.69) is 26.3 Å². The molecule has 4 rings (SSSR count). The molecule has 2 aromatic heterocycles. The molecule has 0 aliphatic carbocycles. The van der Waals surface area contributed by atoms with Gasteiger partial charge in [0.2, 0.25) is 11.7 Å². The van der Waals surface area contributed by atoms with Gasteiger partial charge in [-0.3, -0.25) is 9.58 Å². The highest BCUT2D eigenvalue weighted by Gasteiger charge is 2.28. The van der Waals surface area contributed by atoms with E-state index in [4.69, 9.17) is 16.1 Å². The predicted octanol–water partition coefficient (Wildman–Crippen LogP) is 3.46. The summed E-state index contributed by atoms with van der Waals surface area (Å²) in [6.45, 7) is 1.65. The fourth-order valence-corrected chi connectivity index (χ4v) is 3.47. The van der Waals surface area contributed by atoms with Crippen LogP contribution in [0.2, 0.25) is 5.02 Å². The minimum atomic E-state index is 0.356. The van der Waals surface area contributed by atoms with Crippen LogP contribution in [0.3, 0.4) is 0 Å². The molecule has 7 heteroatoms. The Morgan fingerprint density at radius 2 is 2.21 bits per heavy atom. The first kappa shape index (κ1) is 15.4. The zero-order valence-corrected chi connectivity index (χ0v) is 14.1. The van der Waals surface area contributed by atoms with Gasteiger partial charge in [-0.05, 0) is 31.5 Å². The molecule has 124 valence electrons. The molecule has 1 atom stereocenters. The molecule has 0 spiro atoms.